The Hall–Kier alpha value is -1.95. The van der Waals surface area contributed by atoms with E-state index in [-0.39, 0.29) is 12.2 Å². The van der Waals surface area contributed by atoms with E-state index >= 15 is 0 Å². The Kier molecular flexibility index (Phi) is 3.35. The van der Waals surface area contributed by atoms with Crippen LogP contribution in [0.15, 0.2) is 18.2 Å². The van der Waals surface area contributed by atoms with Crippen molar-refractivity contribution in [1.29, 1.82) is 0 Å². The molecule has 1 rings (SSSR count). The monoisotopic (exact) mass is 212 g/mol. The maximum Gasteiger partial charge on any atom is 0.338 e. The zero-order valence-corrected chi connectivity index (χ0v) is 7.66. The summed E-state index contributed by atoms with van der Waals surface area (Å²) in [7, 11) is 0. The normalized spacial score (nSPS) is 9.73. The van der Waals surface area contributed by atoms with Gasteiger partial charge in [-0.2, -0.15) is 0 Å². The highest BCUT2D eigenvalue weighted by atomic mass is 19.1. The number of nitrogens with one attached hydrogen (secondary N) is 1. The number of benzene rings is 1. The van der Waals surface area contributed by atoms with E-state index in [1.807, 2.05) is 0 Å². The first-order valence-electron chi connectivity index (χ1n) is 4.07. The summed E-state index contributed by atoms with van der Waals surface area (Å²) in [5.74, 6) is -2.74. The van der Waals surface area contributed by atoms with Gasteiger partial charge in [0, 0.05) is 5.69 Å². The van der Waals surface area contributed by atoms with Crippen LogP contribution in [0.2, 0.25) is 0 Å². The van der Waals surface area contributed by atoms with Crippen molar-refractivity contribution in [2.24, 2.45) is 5.73 Å². The first-order chi connectivity index (χ1) is 7.04. The lowest BCUT2D eigenvalue weighted by Crippen LogP contribution is -2.22. The maximum atomic E-state index is 13.1. The van der Waals surface area contributed by atoms with E-state index in [4.69, 9.17) is 10.8 Å². The molecule has 0 spiro atoms. The third-order valence-corrected chi connectivity index (χ3v) is 1.67. The Morgan fingerprint density at radius 1 is 1.47 bits per heavy atom. The van der Waals surface area contributed by atoms with Crippen LogP contribution in [0.25, 0.3) is 0 Å². The average Bonchev–Trinajstić information content (AvgIpc) is 2.17. The lowest BCUT2D eigenvalue weighted by molar-refractivity contribution is -0.114. The third-order valence-electron chi connectivity index (χ3n) is 1.67. The maximum absolute atomic E-state index is 13.1. The molecule has 15 heavy (non-hydrogen) atoms. The molecule has 0 radical (unpaired) electrons. The predicted octanol–water partition coefficient (Wildman–Crippen LogP) is 0.421. The number of halogens is 1. The second-order valence-corrected chi connectivity index (χ2v) is 2.75. The summed E-state index contributed by atoms with van der Waals surface area (Å²) in [6, 6.07) is 3.29. The van der Waals surface area contributed by atoms with Crippen molar-refractivity contribution >= 4 is 17.6 Å². The summed E-state index contributed by atoms with van der Waals surface area (Å²) >= 11 is 0. The van der Waals surface area contributed by atoms with Crippen molar-refractivity contribution in [3.05, 3.63) is 29.6 Å². The summed E-state index contributed by atoms with van der Waals surface area (Å²) in [4.78, 5) is 21.3. The molecule has 0 aliphatic heterocycles. The molecule has 80 valence electrons. The van der Waals surface area contributed by atoms with Crippen LogP contribution in [-0.4, -0.2) is 23.5 Å². The molecule has 0 aliphatic carbocycles. The molecule has 0 aliphatic rings. The van der Waals surface area contributed by atoms with Gasteiger partial charge in [0.15, 0.2) is 0 Å². The van der Waals surface area contributed by atoms with Crippen LogP contribution >= 0.6 is 0 Å². The molecule has 0 bridgehead atoms. The van der Waals surface area contributed by atoms with Crippen LogP contribution in [0.3, 0.4) is 0 Å². The van der Waals surface area contributed by atoms with Crippen LogP contribution in [0.5, 0.6) is 0 Å². The quantitative estimate of drug-likeness (QED) is 0.677. The van der Waals surface area contributed by atoms with Crippen molar-refractivity contribution in [1.82, 2.24) is 0 Å². The largest absolute Gasteiger partial charge is 0.478 e. The highest BCUT2D eigenvalue weighted by molar-refractivity contribution is 5.93. The minimum absolute atomic E-state index is 0.174. The zero-order chi connectivity index (χ0) is 11.4. The van der Waals surface area contributed by atoms with E-state index in [2.05, 4.69) is 5.32 Å². The number of carbonyl (C=O) groups excluding carboxylic acids is 1. The lowest BCUT2D eigenvalue weighted by Gasteiger charge is -2.04. The van der Waals surface area contributed by atoms with Gasteiger partial charge in [-0.05, 0) is 18.2 Å². The van der Waals surface area contributed by atoms with Gasteiger partial charge < -0.3 is 16.2 Å². The molecule has 1 aromatic rings. The smallest absolute Gasteiger partial charge is 0.338 e. The number of rotatable bonds is 3. The van der Waals surface area contributed by atoms with E-state index in [1.165, 1.54) is 6.07 Å². The van der Waals surface area contributed by atoms with Crippen LogP contribution in [0, 0.1) is 5.82 Å². The molecule has 5 nitrogen and oxygen atoms in total. The molecular weight excluding hydrogens is 203 g/mol. The SMILES string of the molecule is NCC(=O)Nc1ccc(C(=O)O)c(F)c1. The third kappa shape index (κ3) is 2.75. The number of carbonyl (C=O) groups is 2. The second-order valence-electron chi connectivity index (χ2n) is 2.75. The number of nitrogens with two attached hydrogens (primary N) is 1. The summed E-state index contributed by atoms with van der Waals surface area (Å²) in [6.07, 6.45) is 0. The Morgan fingerprint density at radius 2 is 2.13 bits per heavy atom. The molecule has 0 fully saturated rings. The van der Waals surface area contributed by atoms with Gasteiger partial charge in [0.1, 0.15) is 5.82 Å². The van der Waals surface area contributed by atoms with Crippen LogP contribution < -0.4 is 11.1 Å². The first kappa shape index (κ1) is 11.1. The van der Waals surface area contributed by atoms with E-state index < -0.39 is 23.3 Å². The fourth-order valence-electron chi connectivity index (χ4n) is 0.978. The molecule has 0 heterocycles. The van der Waals surface area contributed by atoms with Gasteiger partial charge in [0.25, 0.3) is 0 Å². The number of carboxylic acids is 1. The molecule has 0 unspecified atom stereocenters. The van der Waals surface area contributed by atoms with Gasteiger partial charge in [-0.3, -0.25) is 4.79 Å². The average molecular weight is 212 g/mol. The minimum Gasteiger partial charge on any atom is -0.478 e. The van der Waals surface area contributed by atoms with Crippen molar-refractivity contribution in [3.8, 4) is 0 Å². The van der Waals surface area contributed by atoms with Gasteiger partial charge in [-0.1, -0.05) is 0 Å². The molecule has 6 heteroatoms. The molecule has 4 N–H and O–H groups in total. The fraction of sp³-hybridized carbons (Fsp3) is 0.111. The Labute approximate surface area is 84.7 Å². The summed E-state index contributed by atoms with van der Waals surface area (Å²) in [5, 5.41) is 10.8. The van der Waals surface area contributed by atoms with Crippen molar-refractivity contribution in [2.45, 2.75) is 0 Å². The van der Waals surface area contributed by atoms with Crippen molar-refractivity contribution < 1.29 is 19.1 Å². The number of aromatic carboxylic acids is 1. The van der Waals surface area contributed by atoms with Crippen molar-refractivity contribution in [3.63, 3.8) is 0 Å². The van der Waals surface area contributed by atoms with Gasteiger partial charge in [0.05, 0.1) is 12.1 Å². The van der Waals surface area contributed by atoms with Gasteiger partial charge in [-0.25, -0.2) is 9.18 Å². The standard InChI is InChI=1S/C9H9FN2O3/c10-7-3-5(12-8(13)4-11)1-2-6(7)9(14)15/h1-3H,4,11H2,(H,12,13)(H,14,15). The number of amides is 1. The Morgan fingerprint density at radius 3 is 2.60 bits per heavy atom. The Balaban J connectivity index is 2.91. The molecular formula is C9H9FN2O3. The van der Waals surface area contributed by atoms with Gasteiger partial charge >= 0.3 is 5.97 Å². The summed E-state index contributed by atoms with van der Waals surface area (Å²) in [6.45, 7) is -0.220. The van der Waals surface area contributed by atoms with E-state index in [0.717, 1.165) is 12.1 Å². The van der Waals surface area contributed by atoms with Crippen LogP contribution in [-0.2, 0) is 4.79 Å². The second kappa shape index (κ2) is 4.52. The zero-order valence-electron chi connectivity index (χ0n) is 7.66. The summed E-state index contributed by atoms with van der Waals surface area (Å²) < 4.78 is 13.1. The highest BCUT2D eigenvalue weighted by Crippen LogP contribution is 2.14. The molecule has 0 aromatic heterocycles. The topological polar surface area (TPSA) is 92.4 Å². The number of carboxylic acid groups (broad SMARTS) is 1. The molecule has 1 amide bonds. The number of anilines is 1. The first-order valence-corrected chi connectivity index (χ1v) is 4.07. The van der Waals surface area contributed by atoms with Crippen LogP contribution in [0.4, 0.5) is 10.1 Å². The van der Waals surface area contributed by atoms with E-state index in [0.29, 0.717) is 0 Å². The number of hydrogen-bond acceptors (Lipinski definition) is 3. The lowest BCUT2D eigenvalue weighted by atomic mass is 10.2. The van der Waals surface area contributed by atoms with Gasteiger partial charge in [0.2, 0.25) is 5.91 Å². The van der Waals surface area contributed by atoms with E-state index in [1.54, 1.807) is 0 Å². The van der Waals surface area contributed by atoms with Gasteiger partial charge in [-0.15, -0.1) is 0 Å². The van der Waals surface area contributed by atoms with E-state index in [9.17, 15) is 14.0 Å². The van der Waals surface area contributed by atoms with Crippen LogP contribution in [0.1, 0.15) is 10.4 Å². The molecule has 1 aromatic carbocycles. The Bertz CT molecular complexity index is 406. The number of hydrogen-bond donors (Lipinski definition) is 3. The highest BCUT2D eigenvalue weighted by Gasteiger charge is 2.10. The van der Waals surface area contributed by atoms with Crippen molar-refractivity contribution in [2.75, 3.05) is 11.9 Å². The molecule has 0 saturated carbocycles. The molecule has 0 saturated heterocycles. The summed E-state index contributed by atoms with van der Waals surface area (Å²) in [5.41, 5.74) is 4.77. The fourth-order valence-corrected chi connectivity index (χ4v) is 0.978. The minimum atomic E-state index is -1.36. The molecule has 0 atom stereocenters. The predicted molar refractivity (Wildman–Crippen MR) is 51.0 cm³/mol.